The minimum atomic E-state index is 0.139. The van der Waals surface area contributed by atoms with E-state index in [4.69, 9.17) is 0 Å². The van der Waals surface area contributed by atoms with Gasteiger partial charge < -0.3 is 10.2 Å². The highest BCUT2D eigenvalue weighted by Gasteiger charge is 2.33. The summed E-state index contributed by atoms with van der Waals surface area (Å²) >= 11 is 0. The number of carbonyl (C=O) groups is 2. The molecule has 4 heteroatoms. The fourth-order valence-corrected chi connectivity index (χ4v) is 4.64. The number of piperidine rings is 1. The van der Waals surface area contributed by atoms with Crippen LogP contribution in [-0.2, 0) is 9.59 Å². The van der Waals surface area contributed by atoms with E-state index in [9.17, 15) is 9.59 Å². The molecule has 0 aromatic carbocycles. The third-order valence-electron chi connectivity index (χ3n) is 6.12. The second kappa shape index (κ2) is 7.67. The van der Waals surface area contributed by atoms with Crippen LogP contribution in [0.2, 0.25) is 0 Å². The molecular formula is C19H32N2O2. The van der Waals surface area contributed by atoms with Gasteiger partial charge in [-0.3, -0.25) is 9.59 Å². The van der Waals surface area contributed by atoms with Gasteiger partial charge in [-0.15, -0.1) is 0 Å². The summed E-state index contributed by atoms with van der Waals surface area (Å²) in [6.45, 7) is 4.11. The number of hydrogen-bond donors (Lipinski definition) is 1. The first-order valence-corrected chi connectivity index (χ1v) is 9.72. The molecule has 1 heterocycles. The molecule has 1 N–H and O–H groups in total. The van der Waals surface area contributed by atoms with Gasteiger partial charge in [-0.05, 0) is 57.3 Å². The number of nitrogens with zero attached hydrogens (tertiary/aromatic N) is 1. The molecule has 23 heavy (non-hydrogen) atoms. The summed E-state index contributed by atoms with van der Waals surface area (Å²) < 4.78 is 0. The van der Waals surface area contributed by atoms with Crippen LogP contribution in [0.1, 0.15) is 71.1 Å². The van der Waals surface area contributed by atoms with Crippen LogP contribution in [0, 0.1) is 17.8 Å². The van der Waals surface area contributed by atoms with Crippen LogP contribution in [0.4, 0.5) is 0 Å². The van der Waals surface area contributed by atoms with Gasteiger partial charge in [-0.1, -0.05) is 19.8 Å². The normalized spacial score (nSPS) is 32.7. The van der Waals surface area contributed by atoms with Gasteiger partial charge in [-0.2, -0.15) is 0 Å². The van der Waals surface area contributed by atoms with Crippen molar-refractivity contribution < 1.29 is 9.59 Å². The summed E-state index contributed by atoms with van der Waals surface area (Å²) in [4.78, 5) is 27.1. The molecule has 130 valence electrons. The van der Waals surface area contributed by atoms with Gasteiger partial charge in [0.2, 0.25) is 11.8 Å². The van der Waals surface area contributed by atoms with Crippen LogP contribution in [0.3, 0.4) is 0 Å². The number of rotatable bonds is 3. The molecule has 4 nitrogen and oxygen atoms in total. The zero-order chi connectivity index (χ0) is 16.2. The standard InChI is InChI=1S/C19H32N2O2/c1-14-5-4-12-21(13-14)19(23)16-10-8-15(9-11-16)18(22)20-17-6-2-3-7-17/h14-17H,2-13H2,1H3,(H,20,22). The molecule has 0 aromatic heterocycles. The summed E-state index contributed by atoms with van der Waals surface area (Å²) in [5.74, 6) is 1.54. The average Bonchev–Trinajstić information content (AvgIpc) is 3.07. The molecule has 1 atom stereocenters. The van der Waals surface area contributed by atoms with Gasteiger partial charge in [0, 0.05) is 31.0 Å². The van der Waals surface area contributed by atoms with E-state index >= 15 is 0 Å². The van der Waals surface area contributed by atoms with Crippen molar-refractivity contribution >= 4 is 11.8 Å². The van der Waals surface area contributed by atoms with Crippen LogP contribution < -0.4 is 5.32 Å². The van der Waals surface area contributed by atoms with Crippen LogP contribution in [0.25, 0.3) is 0 Å². The molecule has 3 aliphatic rings. The summed E-state index contributed by atoms with van der Waals surface area (Å²) in [5.41, 5.74) is 0. The van der Waals surface area contributed by atoms with E-state index in [0.29, 0.717) is 17.9 Å². The monoisotopic (exact) mass is 320 g/mol. The third-order valence-corrected chi connectivity index (χ3v) is 6.12. The predicted molar refractivity (Wildman–Crippen MR) is 90.8 cm³/mol. The first kappa shape index (κ1) is 16.8. The van der Waals surface area contributed by atoms with Gasteiger partial charge >= 0.3 is 0 Å². The molecule has 1 saturated heterocycles. The lowest BCUT2D eigenvalue weighted by molar-refractivity contribution is -0.140. The lowest BCUT2D eigenvalue weighted by atomic mass is 9.80. The Morgan fingerprint density at radius 3 is 2.17 bits per heavy atom. The Kier molecular flexibility index (Phi) is 5.60. The molecule has 0 bridgehead atoms. The molecule has 2 saturated carbocycles. The molecule has 3 fully saturated rings. The van der Waals surface area contributed by atoms with Crippen molar-refractivity contribution in [3.63, 3.8) is 0 Å². The van der Waals surface area contributed by atoms with Gasteiger partial charge in [0.15, 0.2) is 0 Å². The highest BCUT2D eigenvalue weighted by molar-refractivity contribution is 5.81. The van der Waals surface area contributed by atoms with Gasteiger partial charge in [0.25, 0.3) is 0 Å². The molecule has 0 radical (unpaired) electrons. The maximum Gasteiger partial charge on any atom is 0.225 e. The van der Waals surface area contributed by atoms with E-state index in [1.807, 2.05) is 0 Å². The van der Waals surface area contributed by atoms with E-state index in [1.54, 1.807) is 0 Å². The number of likely N-dealkylation sites (tertiary alicyclic amines) is 1. The number of hydrogen-bond acceptors (Lipinski definition) is 2. The lowest BCUT2D eigenvalue weighted by Gasteiger charge is -2.36. The lowest BCUT2D eigenvalue weighted by Crippen LogP contribution is -2.44. The quantitative estimate of drug-likeness (QED) is 0.868. The predicted octanol–water partition coefficient (Wildman–Crippen LogP) is 3.11. The van der Waals surface area contributed by atoms with E-state index in [-0.39, 0.29) is 17.7 Å². The van der Waals surface area contributed by atoms with Gasteiger partial charge in [0.1, 0.15) is 0 Å². The smallest absolute Gasteiger partial charge is 0.225 e. The average molecular weight is 320 g/mol. The molecule has 0 spiro atoms. The Morgan fingerprint density at radius 2 is 1.52 bits per heavy atom. The summed E-state index contributed by atoms with van der Waals surface area (Å²) in [7, 11) is 0. The molecule has 3 rings (SSSR count). The van der Waals surface area contributed by atoms with Gasteiger partial charge in [-0.25, -0.2) is 0 Å². The van der Waals surface area contributed by atoms with Crippen LogP contribution in [0.5, 0.6) is 0 Å². The van der Waals surface area contributed by atoms with Crippen molar-refractivity contribution in [3.05, 3.63) is 0 Å². The first-order chi connectivity index (χ1) is 11.1. The Morgan fingerprint density at radius 1 is 0.870 bits per heavy atom. The SMILES string of the molecule is CC1CCCN(C(=O)C2CCC(C(=O)NC3CCCC3)CC2)C1. The first-order valence-electron chi connectivity index (χ1n) is 9.72. The van der Waals surface area contributed by atoms with E-state index in [2.05, 4.69) is 17.1 Å². The number of carbonyl (C=O) groups excluding carboxylic acids is 2. The second-order valence-corrected chi connectivity index (χ2v) is 8.07. The minimum Gasteiger partial charge on any atom is -0.353 e. The van der Waals surface area contributed by atoms with Crippen molar-refractivity contribution in [2.24, 2.45) is 17.8 Å². The highest BCUT2D eigenvalue weighted by atomic mass is 16.2. The number of nitrogens with one attached hydrogen (secondary N) is 1. The third kappa shape index (κ3) is 4.27. The Labute approximate surface area is 140 Å². The van der Waals surface area contributed by atoms with E-state index in [1.165, 1.54) is 19.3 Å². The Balaban J connectivity index is 1.44. The molecule has 2 aliphatic carbocycles. The zero-order valence-corrected chi connectivity index (χ0v) is 14.6. The summed E-state index contributed by atoms with van der Waals surface area (Å²) in [6.07, 6.45) is 10.7. The number of amides is 2. The van der Waals surface area contributed by atoms with Gasteiger partial charge in [0.05, 0.1) is 0 Å². The van der Waals surface area contributed by atoms with Crippen molar-refractivity contribution in [2.45, 2.75) is 77.2 Å². The maximum atomic E-state index is 12.7. The summed E-state index contributed by atoms with van der Waals surface area (Å²) in [6, 6.07) is 0.414. The molecule has 0 aromatic rings. The summed E-state index contributed by atoms with van der Waals surface area (Å²) in [5, 5.41) is 3.23. The van der Waals surface area contributed by atoms with Crippen molar-refractivity contribution in [1.82, 2.24) is 10.2 Å². The van der Waals surface area contributed by atoms with Crippen molar-refractivity contribution in [3.8, 4) is 0 Å². The van der Waals surface area contributed by atoms with Crippen molar-refractivity contribution in [2.75, 3.05) is 13.1 Å². The Bertz CT molecular complexity index is 423. The molecular weight excluding hydrogens is 288 g/mol. The topological polar surface area (TPSA) is 49.4 Å². The zero-order valence-electron chi connectivity index (χ0n) is 14.6. The minimum absolute atomic E-state index is 0.139. The fourth-order valence-electron chi connectivity index (χ4n) is 4.64. The van der Waals surface area contributed by atoms with E-state index < -0.39 is 0 Å². The van der Waals surface area contributed by atoms with Crippen LogP contribution in [-0.4, -0.2) is 35.8 Å². The maximum absolute atomic E-state index is 12.7. The fraction of sp³-hybridized carbons (Fsp3) is 0.895. The van der Waals surface area contributed by atoms with Crippen molar-refractivity contribution in [1.29, 1.82) is 0 Å². The van der Waals surface area contributed by atoms with Crippen LogP contribution in [0.15, 0.2) is 0 Å². The molecule has 1 unspecified atom stereocenters. The van der Waals surface area contributed by atoms with Crippen LogP contribution >= 0.6 is 0 Å². The largest absolute Gasteiger partial charge is 0.353 e. The molecule has 2 amide bonds. The second-order valence-electron chi connectivity index (χ2n) is 8.07. The van der Waals surface area contributed by atoms with E-state index in [0.717, 1.165) is 58.0 Å². The Hall–Kier alpha value is -1.06. The molecule has 1 aliphatic heterocycles. The highest BCUT2D eigenvalue weighted by Crippen LogP contribution is 2.32.